The number of ether oxygens (including phenoxy) is 4. The number of nitrogens with one attached hydrogen (secondary N) is 1. The van der Waals surface area contributed by atoms with Crippen LogP contribution in [-0.2, 0) is 9.53 Å². The zero-order valence-corrected chi connectivity index (χ0v) is 19.1. The Hall–Kier alpha value is -3.95. The first-order valence-electron chi connectivity index (χ1n) is 10.4. The van der Waals surface area contributed by atoms with Gasteiger partial charge in [0, 0.05) is 17.8 Å². The third-order valence-electron chi connectivity index (χ3n) is 5.03. The molecule has 2 atom stereocenters. The summed E-state index contributed by atoms with van der Waals surface area (Å²) in [6.45, 7) is 1.78. The Labute approximate surface area is 199 Å². The number of carbonyl (C=O) groups is 1. The molecule has 0 saturated heterocycles. The van der Waals surface area contributed by atoms with Crippen molar-refractivity contribution in [2.45, 2.75) is 25.2 Å². The maximum atomic E-state index is 13.7. The quantitative estimate of drug-likeness (QED) is 0.280. The van der Waals surface area contributed by atoms with Crippen LogP contribution in [0, 0.1) is 5.82 Å². The van der Waals surface area contributed by atoms with E-state index in [1.165, 1.54) is 44.6 Å². The predicted octanol–water partition coefficient (Wildman–Crippen LogP) is 6.28. The lowest BCUT2D eigenvalue weighted by atomic mass is 9.92. The molecule has 0 spiro atoms. The molecule has 3 rings (SSSR count). The molecule has 0 aliphatic carbocycles. The summed E-state index contributed by atoms with van der Waals surface area (Å²) in [5.74, 6) is -1.27. The maximum Gasteiger partial charge on any atom is 0.573 e. The Kier molecular flexibility index (Phi) is 8.06. The largest absolute Gasteiger partial charge is 0.573 e. The first-order chi connectivity index (χ1) is 16.6. The SMILES string of the molecule is COC(=O)C(c1ccc(Oc2ccc(OC(F)(F)F)cc2)cc1)C(C)Nc1ccc(F)c(OC)c1. The first-order valence-corrected chi connectivity index (χ1v) is 10.4. The number of carbonyl (C=O) groups excluding carboxylic acids is 1. The minimum Gasteiger partial charge on any atom is -0.494 e. The van der Waals surface area contributed by atoms with Crippen molar-refractivity contribution in [2.75, 3.05) is 19.5 Å². The van der Waals surface area contributed by atoms with Gasteiger partial charge in [0.25, 0.3) is 0 Å². The van der Waals surface area contributed by atoms with E-state index in [2.05, 4.69) is 10.1 Å². The maximum absolute atomic E-state index is 13.7. The van der Waals surface area contributed by atoms with E-state index in [1.54, 1.807) is 31.2 Å². The predicted molar refractivity (Wildman–Crippen MR) is 120 cm³/mol. The van der Waals surface area contributed by atoms with Gasteiger partial charge in [-0.15, -0.1) is 13.2 Å². The highest BCUT2D eigenvalue weighted by molar-refractivity contribution is 5.79. The van der Waals surface area contributed by atoms with E-state index >= 15 is 0 Å². The fourth-order valence-electron chi connectivity index (χ4n) is 3.44. The monoisotopic (exact) mass is 493 g/mol. The van der Waals surface area contributed by atoms with Crippen LogP contribution in [0.5, 0.6) is 23.0 Å². The molecule has 0 amide bonds. The Morgan fingerprint density at radius 2 is 1.46 bits per heavy atom. The minimum atomic E-state index is -4.77. The van der Waals surface area contributed by atoms with Gasteiger partial charge in [-0.25, -0.2) is 4.39 Å². The van der Waals surface area contributed by atoms with E-state index in [0.717, 1.165) is 12.1 Å². The molecule has 6 nitrogen and oxygen atoms in total. The number of benzene rings is 3. The Morgan fingerprint density at radius 3 is 2.00 bits per heavy atom. The van der Waals surface area contributed by atoms with Gasteiger partial charge in [-0.1, -0.05) is 12.1 Å². The van der Waals surface area contributed by atoms with Crippen LogP contribution in [0.15, 0.2) is 66.7 Å². The molecule has 3 aromatic rings. The van der Waals surface area contributed by atoms with E-state index in [-0.39, 0.29) is 11.5 Å². The summed E-state index contributed by atoms with van der Waals surface area (Å²) in [6.07, 6.45) is -4.77. The van der Waals surface area contributed by atoms with Crippen molar-refractivity contribution in [3.05, 3.63) is 78.1 Å². The molecule has 186 valence electrons. The molecule has 1 N–H and O–H groups in total. The standard InChI is InChI=1S/C25H23F4NO5/c1-15(30-17-6-13-21(26)22(14-17)32-2)23(24(31)33-3)16-4-7-18(8-5-16)34-19-9-11-20(12-10-19)35-25(27,28)29/h4-15,23,30H,1-3H3. The van der Waals surface area contributed by atoms with Gasteiger partial charge < -0.3 is 24.3 Å². The zero-order valence-electron chi connectivity index (χ0n) is 19.1. The third kappa shape index (κ3) is 7.02. The molecule has 2 unspecified atom stereocenters. The minimum absolute atomic E-state index is 0.0660. The van der Waals surface area contributed by atoms with Crippen molar-refractivity contribution >= 4 is 11.7 Å². The molecule has 0 saturated carbocycles. The van der Waals surface area contributed by atoms with Gasteiger partial charge in [0.15, 0.2) is 11.6 Å². The Balaban J connectivity index is 1.73. The Morgan fingerprint density at radius 1 is 0.886 bits per heavy atom. The normalized spacial score (nSPS) is 12.9. The van der Waals surface area contributed by atoms with E-state index in [9.17, 15) is 22.4 Å². The van der Waals surface area contributed by atoms with E-state index in [0.29, 0.717) is 22.7 Å². The molecule has 35 heavy (non-hydrogen) atoms. The van der Waals surface area contributed by atoms with Gasteiger partial charge in [0.2, 0.25) is 0 Å². The molecule has 0 radical (unpaired) electrons. The highest BCUT2D eigenvalue weighted by atomic mass is 19.4. The summed E-state index contributed by atoms with van der Waals surface area (Å²) in [6, 6.07) is 15.4. The lowest BCUT2D eigenvalue weighted by molar-refractivity contribution is -0.274. The van der Waals surface area contributed by atoms with Gasteiger partial charge in [-0.05, 0) is 61.0 Å². The van der Waals surface area contributed by atoms with Crippen LogP contribution in [0.1, 0.15) is 18.4 Å². The lowest BCUT2D eigenvalue weighted by Gasteiger charge is -2.24. The summed E-state index contributed by atoms with van der Waals surface area (Å²) in [4.78, 5) is 12.6. The van der Waals surface area contributed by atoms with Crippen LogP contribution in [0.4, 0.5) is 23.2 Å². The molecule has 3 aromatic carbocycles. The molecule has 0 aliphatic rings. The number of hydrogen-bond acceptors (Lipinski definition) is 6. The third-order valence-corrected chi connectivity index (χ3v) is 5.03. The summed E-state index contributed by atoms with van der Waals surface area (Å²) >= 11 is 0. The van der Waals surface area contributed by atoms with Gasteiger partial charge in [-0.2, -0.15) is 0 Å². The number of rotatable bonds is 9. The molecular formula is C25H23F4NO5. The second kappa shape index (κ2) is 11.0. The smallest absolute Gasteiger partial charge is 0.494 e. The number of hydrogen-bond donors (Lipinski definition) is 1. The van der Waals surface area contributed by atoms with Crippen LogP contribution in [0.25, 0.3) is 0 Å². The van der Waals surface area contributed by atoms with Crippen molar-refractivity contribution in [3.63, 3.8) is 0 Å². The second-order valence-corrected chi connectivity index (χ2v) is 7.47. The van der Waals surface area contributed by atoms with Crippen LogP contribution < -0.4 is 19.5 Å². The molecule has 0 aliphatic heterocycles. The van der Waals surface area contributed by atoms with Gasteiger partial charge >= 0.3 is 12.3 Å². The number of alkyl halides is 3. The molecule has 0 fully saturated rings. The van der Waals surface area contributed by atoms with Crippen LogP contribution in [-0.4, -0.2) is 32.6 Å². The van der Waals surface area contributed by atoms with Crippen LogP contribution in [0.3, 0.4) is 0 Å². The highest BCUT2D eigenvalue weighted by Gasteiger charge is 2.31. The average Bonchev–Trinajstić information content (AvgIpc) is 2.81. The number of anilines is 1. The summed E-state index contributed by atoms with van der Waals surface area (Å²) < 4.78 is 70.0. The summed E-state index contributed by atoms with van der Waals surface area (Å²) in [5, 5.41) is 3.16. The number of esters is 1. The van der Waals surface area contributed by atoms with Crippen molar-refractivity contribution in [2.24, 2.45) is 0 Å². The topological polar surface area (TPSA) is 66.0 Å². The van der Waals surface area contributed by atoms with E-state index < -0.39 is 30.1 Å². The van der Waals surface area contributed by atoms with E-state index in [1.807, 2.05) is 0 Å². The Bertz CT molecular complexity index is 1130. The van der Waals surface area contributed by atoms with Gasteiger partial charge in [0.1, 0.15) is 23.2 Å². The van der Waals surface area contributed by atoms with Gasteiger partial charge in [-0.3, -0.25) is 4.79 Å². The van der Waals surface area contributed by atoms with Crippen molar-refractivity contribution in [1.29, 1.82) is 0 Å². The number of halogens is 4. The first kappa shape index (κ1) is 25.7. The average molecular weight is 493 g/mol. The number of methoxy groups -OCH3 is 2. The van der Waals surface area contributed by atoms with E-state index in [4.69, 9.17) is 14.2 Å². The zero-order chi connectivity index (χ0) is 25.6. The molecule has 0 bridgehead atoms. The molecular weight excluding hydrogens is 470 g/mol. The highest BCUT2D eigenvalue weighted by Crippen LogP contribution is 2.31. The van der Waals surface area contributed by atoms with Crippen LogP contribution in [0.2, 0.25) is 0 Å². The molecule has 10 heteroatoms. The fraction of sp³-hybridized carbons (Fsp3) is 0.240. The van der Waals surface area contributed by atoms with Crippen molar-refractivity contribution < 1.29 is 41.3 Å². The van der Waals surface area contributed by atoms with Gasteiger partial charge in [0.05, 0.1) is 14.2 Å². The van der Waals surface area contributed by atoms with Crippen LogP contribution >= 0.6 is 0 Å². The second-order valence-electron chi connectivity index (χ2n) is 7.47. The van der Waals surface area contributed by atoms with Crippen molar-refractivity contribution in [1.82, 2.24) is 0 Å². The molecule has 0 heterocycles. The fourth-order valence-corrected chi connectivity index (χ4v) is 3.44. The molecule has 0 aromatic heterocycles. The summed E-state index contributed by atoms with van der Waals surface area (Å²) in [5.41, 5.74) is 1.19. The summed E-state index contributed by atoms with van der Waals surface area (Å²) in [7, 11) is 2.64. The lowest BCUT2D eigenvalue weighted by Crippen LogP contribution is -2.31. The van der Waals surface area contributed by atoms with Crippen molar-refractivity contribution in [3.8, 4) is 23.0 Å².